The molecule has 1 aliphatic rings. The summed E-state index contributed by atoms with van der Waals surface area (Å²) < 4.78 is 0. The maximum atomic E-state index is 11.6. The van der Waals surface area contributed by atoms with Gasteiger partial charge in [-0.2, -0.15) is 0 Å². The van der Waals surface area contributed by atoms with E-state index in [1.54, 1.807) is 0 Å². The van der Waals surface area contributed by atoms with E-state index in [2.05, 4.69) is 42.8 Å². The van der Waals surface area contributed by atoms with Crippen LogP contribution in [0.3, 0.4) is 0 Å². The molecular weight excluding hydrogens is 248 g/mol. The van der Waals surface area contributed by atoms with E-state index >= 15 is 0 Å². The van der Waals surface area contributed by atoms with Crippen LogP contribution in [0.4, 0.5) is 0 Å². The molecular formula is C17H20N2O. The van der Waals surface area contributed by atoms with Crippen molar-refractivity contribution in [2.24, 2.45) is 0 Å². The van der Waals surface area contributed by atoms with Gasteiger partial charge < -0.3 is 9.88 Å². The first-order chi connectivity index (χ1) is 9.70. The Bertz CT molecular complexity index is 648. The van der Waals surface area contributed by atoms with Gasteiger partial charge in [0.1, 0.15) is 0 Å². The third-order valence-electron chi connectivity index (χ3n) is 4.33. The molecule has 0 radical (unpaired) electrons. The maximum absolute atomic E-state index is 11.6. The Balaban J connectivity index is 1.85. The molecule has 0 unspecified atom stereocenters. The third kappa shape index (κ3) is 2.13. The zero-order chi connectivity index (χ0) is 14.1. The van der Waals surface area contributed by atoms with Crippen LogP contribution in [0, 0.1) is 6.92 Å². The number of para-hydroxylation sites is 1. The predicted octanol–water partition coefficient (Wildman–Crippen LogP) is 3.37. The summed E-state index contributed by atoms with van der Waals surface area (Å²) in [5.74, 6) is 0.596. The molecule has 3 heteroatoms. The number of hydrogen-bond donors (Lipinski definition) is 1. The predicted molar refractivity (Wildman–Crippen MR) is 81.8 cm³/mol. The molecule has 1 saturated heterocycles. The second kappa shape index (κ2) is 5.16. The summed E-state index contributed by atoms with van der Waals surface area (Å²) in [6.45, 7) is 7.37. The molecule has 20 heavy (non-hydrogen) atoms. The smallest absolute Gasteiger partial charge is 0.245 e. The maximum Gasteiger partial charge on any atom is 0.245 e. The highest BCUT2D eigenvalue weighted by atomic mass is 16.2. The number of aromatic nitrogens is 1. The summed E-state index contributed by atoms with van der Waals surface area (Å²) in [5.41, 5.74) is 3.91. The van der Waals surface area contributed by atoms with Crippen LogP contribution in [-0.2, 0) is 4.79 Å². The minimum atomic E-state index is 0.0547. The number of hydrogen-bond acceptors (Lipinski definition) is 1. The average molecular weight is 268 g/mol. The molecule has 1 N–H and O–H groups in total. The van der Waals surface area contributed by atoms with Crippen molar-refractivity contribution in [2.45, 2.75) is 25.7 Å². The first-order valence-corrected chi connectivity index (χ1v) is 7.19. The fourth-order valence-electron chi connectivity index (χ4n) is 3.34. The van der Waals surface area contributed by atoms with Gasteiger partial charge in [0.25, 0.3) is 0 Å². The Hall–Kier alpha value is -2.03. The molecule has 0 bridgehead atoms. The summed E-state index contributed by atoms with van der Waals surface area (Å²) in [5, 5.41) is 1.33. The summed E-state index contributed by atoms with van der Waals surface area (Å²) in [6, 6.07) is 8.47. The van der Waals surface area contributed by atoms with Crippen LogP contribution in [0.2, 0.25) is 0 Å². The number of carbonyl (C=O) groups is 1. The van der Waals surface area contributed by atoms with E-state index in [9.17, 15) is 4.79 Å². The summed E-state index contributed by atoms with van der Waals surface area (Å²) in [7, 11) is 0. The average Bonchev–Trinajstić information content (AvgIpc) is 2.82. The molecule has 2 aromatic rings. The van der Waals surface area contributed by atoms with Gasteiger partial charge in [-0.15, -0.1) is 0 Å². The number of piperidine rings is 1. The number of rotatable bonds is 2. The Kier molecular flexibility index (Phi) is 3.35. The molecule has 1 amide bonds. The Labute approximate surface area is 119 Å². The standard InChI is InChI=1S/C17H20N2O/c1-3-16(20)19-10-8-13(9-11-19)17-12(2)18-15-7-5-4-6-14(15)17/h3-7,13,18H,1,8-11H2,2H3. The van der Waals surface area contributed by atoms with Crippen molar-refractivity contribution in [3.63, 3.8) is 0 Å². The second-order valence-electron chi connectivity index (χ2n) is 5.51. The lowest BCUT2D eigenvalue weighted by atomic mass is 9.87. The van der Waals surface area contributed by atoms with E-state index in [1.165, 1.54) is 28.2 Å². The van der Waals surface area contributed by atoms with Crippen molar-refractivity contribution in [1.82, 2.24) is 9.88 Å². The zero-order valence-corrected chi connectivity index (χ0v) is 11.9. The molecule has 1 aliphatic heterocycles. The molecule has 0 saturated carbocycles. The SMILES string of the molecule is C=CC(=O)N1CCC(c2c(C)[nH]c3ccccc23)CC1. The molecule has 3 rings (SSSR count). The molecule has 1 aromatic heterocycles. The van der Waals surface area contributed by atoms with E-state index in [4.69, 9.17) is 0 Å². The van der Waals surface area contributed by atoms with Crippen LogP contribution in [0.25, 0.3) is 10.9 Å². The van der Waals surface area contributed by atoms with Crippen molar-refractivity contribution in [3.8, 4) is 0 Å². The quantitative estimate of drug-likeness (QED) is 0.833. The lowest BCUT2D eigenvalue weighted by Gasteiger charge is -2.31. The van der Waals surface area contributed by atoms with Gasteiger partial charge in [-0.25, -0.2) is 0 Å². The highest BCUT2D eigenvalue weighted by Gasteiger charge is 2.25. The molecule has 1 fully saturated rings. The molecule has 104 valence electrons. The van der Waals surface area contributed by atoms with Gasteiger partial charge in [0, 0.05) is 29.7 Å². The normalized spacial score (nSPS) is 16.6. The summed E-state index contributed by atoms with van der Waals surface area (Å²) >= 11 is 0. The number of amides is 1. The lowest BCUT2D eigenvalue weighted by molar-refractivity contribution is -0.127. The molecule has 0 atom stereocenters. The van der Waals surface area contributed by atoms with Gasteiger partial charge in [0.05, 0.1) is 0 Å². The number of H-pyrrole nitrogens is 1. The Morgan fingerprint density at radius 1 is 1.35 bits per heavy atom. The number of nitrogens with one attached hydrogen (secondary N) is 1. The van der Waals surface area contributed by atoms with Crippen LogP contribution in [0.1, 0.15) is 30.0 Å². The van der Waals surface area contributed by atoms with Crippen molar-refractivity contribution in [3.05, 3.63) is 48.2 Å². The van der Waals surface area contributed by atoms with E-state index in [0.717, 1.165) is 25.9 Å². The number of likely N-dealkylation sites (tertiary alicyclic amines) is 1. The fraction of sp³-hybridized carbons (Fsp3) is 0.353. The topological polar surface area (TPSA) is 36.1 Å². The molecule has 2 heterocycles. The minimum Gasteiger partial charge on any atom is -0.358 e. The first-order valence-electron chi connectivity index (χ1n) is 7.19. The monoisotopic (exact) mass is 268 g/mol. The molecule has 0 aliphatic carbocycles. The number of carbonyl (C=O) groups excluding carboxylic acids is 1. The van der Waals surface area contributed by atoms with Crippen LogP contribution in [0.5, 0.6) is 0 Å². The number of fused-ring (bicyclic) bond motifs is 1. The van der Waals surface area contributed by atoms with Gasteiger partial charge in [-0.3, -0.25) is 4.79 Å². The number of aryl methyl sites for hydroxylation is 1. The highest BCUT2D eigenvalue weighted by Crippen LogP contribution is 2.35. The van der Waals surface area contributed by atoms with Crippen LogP contribution >= 0.6 is 0 Å². The van der Waals surface area contributed by atoms with E-state index in [0.29, 0.717) is 5.92 Å². The van der Waals surface area contributed by atoms with Crippen molar-refractivity contribution in [2.75, 3.05) is 13.1 Å². The van der Waals surface area contributed by atoms with E-state index in [-0.39, 0.29) is 5.91 Å². The van der Waals surface area contributed by atoms with Crippen LogP contribution in [-0.4, -0.2) is 28.9 Å². The first kappa shape index (κ1) is 13.0. The third-order valence-corrected chi connectivity index (χ3v) is 4.33. The molecule has 3 nitrogen and oxygen atoms in total. The van der Waals surface area contributed by atoms with Crippen LogP contribution in [0.15, 0.2) is 36.9 Å². The lowest BCUT2D eigenvalue weighted by Crippen LogP contribution is -2.36. The fourth-order valence-corrected chi connectivity index (χ4v) is 3.34. The Morgan fingerprint density at radius 3 is 2.75 bits per heavy atom. The van der Waals surface area contributed by atoms with E-state index < -0.39 is 0 Å². The van der Waals surface area contributed by atoms with E-state index in [1.807, 2.05) is 4.90 Å². The molecule has 0 spiro atoms. The largest absolute Gasteiger partial charge is 0.358 e. The van der Waals surface area contributed by atoms with Crippen molar-refractivity contribution >= 4 is 16.8 Å². The summed E-state index contributed by atoms with van der Waals surface area (Å²) in [6.07, 6.45) is 3.47. The van der Waals surface area contributed by atoms with Crippen molar-refractivity contribution < 1.29 is 4.79 Å². The van der Waals surface area contributed by atoms with Gasteiger partial charge in [0.15, 0.2) is 0 Å². The van der Waals surface area contributed by atoms with Gasteiger partial charge in [0.2, 0.25) is 5.91 Å². The van der Waals surface area contributed by atoms with Crippen LogP contribution < -0.4 is 0 Å². The number of nitrogens with zero attached hydrogens (tertiary/aromatic N) is 1. The van der Waals surface area contributed by atoms with Gasteiger partial charge >= 0.3 is 0 Å². The highest BCUT2D eigenvalue weighted by molar-refractivity contribution is 5.87. The Morgan fingerprint density at radius 2 is 2.05 bits per heavy atom. The minimum absolute atomic E-state index is 0.0547. The van der Waals surface area contributed by atoms with Gasteiger partial charge in [-0.1, -0.05) is 24.8 Å². The van der Waals surface area contributed by atoms with Gasteiger partial charge in [-0.05, 0) is 43.4 Å². The second-order valence-corrected chi connectivity index (χ2v) is 5.51. The number of aromatic amines is 1. The number of benzene rings is 1. The summed E-state index contributed by atoms with van der Waals surface area (Å²) in [4.78, 5) is 17.0. The zero-order valence-electron chi connectivity index (χ0n) is 11.9. The molecule has 1 aromatic carbocycles. The van der Waals surface area contributed by atoms with Crippen molar-refractivity contribution in [1.29, 1.82) is 0 Å².